The maximum Gasteiger partial charge on any atom is 0.140 e. The maximum absolute atomic E-state index is 4.29. The first-order valence-corrected chi connectivity index (χ1v) is 6.46. The molecule has 0 aliphatic rings. The molecule has 0 spiro atoms. The summed E-state index contributed by atoms with van der Waals surface area (Å²) in [4.78, 5) is 4.29. The van der Waals surface area contributed by atoms with Crippen molar-refractivity contribution in [3.63, 3.8) is 0 Å². The standard InChI is InChI=1S/C14H20N4/c1-3-9-18-14(16-11-17-18)10-15-12(2)13-7-5-4-6-8-13/h4-8,11-12,15H,3,9-10H2,1-2H3/t12-/m1/s1. The zero-order chi connectivity index (χ0) is 12.8. The van der Waals surface area contributed by atoms with E-state index in [-0.39, 0.29) is 0 Å². The molecule has 96 valence electrons. The van der Waals surface area contributed by atoms with Crippen LogP contribution in [0.2, 0.25) is 0 Å². The summed E-state index contributed by atoms with van der Waals surface area (Å²) >= 11 is 0. The molecule has 0 unspecified atom stereocenters. The molecule has 1 heterocycles. The van der Waals surface area contributed by atoms with Crippen molar-refractivity contribution in [2.24, 2.45) is 0 Å². The first-order chi connectivity index (χ1) is 8.81. The van der Waals surface area contributed by atoms with Gasteiger partial charge in [-0.3, -0.25) is 0 Å². The van der Waals surface area contributed by atoms with Gasteiger partial charge in [-0.1, -0.05) is 37.3 Å². The summed E-state index contributed by atoms with van der Waals surface area (Å²) in [6, 6.07) is 10.7. The maximum atomic E-state index is 4.29. The predicted octanol–water partition coefficient (Wildman–Crippen LogP) is 2.54. The van der Waals surface area contributed by atoms with Gasteiger partial charge in [-0.2, -0.15) is 5.10 Å². The van der Waals surface area contributed by atoms with Crippen molar-refractivity contribution < 1.29 is 0 Å². The number of nitrogens with zero attached hydrogens (tertiary/aromatic N) is 3. The van der Waals surface area contributed by atoms with Gasteiger partial charge < -0.3 is 5.32 Å². The Labute approximate surface area is 108 Å². The van der Waals surface area contributed by atoms with Crippen LogP contribution in [0.25, 0.3) is 0 Å². The van der Waals surface area contributed by atoms with Crippen LogP contribution in [0, 0.1) is 0 Å². The SMILES string of the molecule is CCCn1ncnc1CN[C@H](C)c1ccccc1. The Hall–Kier alpha value is -1.68. The van der Waals surface area contributed by atoms with Crippen LogP contribution in [0.1, 0.15) is 37.7 Å². The molecule has 4 heteroatoms. The lowest BCUT2D eigenvalue weighted by Crippen LogP contribution is -2.21. The highest BCUT2D eigenvalue weighted by molar-refractivity contribution is 5.18. The quantitative estimate of drug-likeness (QED) is 0.849. The minimum atomic E-state index is 0.318. The van der Waals surface area contributed by atoms with Crippen molar-refractivity contribution in [3.05, 3.63) is 48.0 Å². The molecule has 1 atom stereocenters. The van der Waals surface area contributed by atoms with Crippen LogP contribution in [-0.2, 0) is 13.1 Å². The third-order valence-corrected chi connectivity index (χ3v) is 3.00. The summed E-state index contributed by atoms with van der Waals surface area (Å²) in [7, 11) is 0. The van der Waals surface area contributed by atoms with E-state index in [1.807, 2.05) is 10.7 Å². The van der Waals surface area contributed by atoms with Crippen molar-refractivity contribution in [2.75, 3.05) is 0 Å². The van der Waals surface area contributed by atoms with Crippen LogP contribution >= 0.6 is 0 Å². The molecule has 2 rings (SSSR count). The molecule has 0 saturated carbocycles. The molecule has 4 nitrogen and oxygen atoms in total. The van der Waals surface area contributed by atoms with Gasteiger partial charge in [-0.05, 0) is 18.9 Å². The number of hydrogen-bond donors (Lipinski definition) is 1. The lowest BCUT2D eigenvalue weighted by atomic mass is 10.1. The molecule has 0 radical (unpaired) electrons. The normalized spacial score (nSPS) is 12.6. The summed E-state index contributed by atoms with van der Waals surface area (Å²) in [5.41, 5.74) is 1.29. The van der Waals surface area contributed by atoms with E-state index < -0.39 is 0 Å². The molecule has 0 saturated heterocycles. The van der Waals surface area contributed by atoms with Crippen molar-refractivity contribution >= 4 is 0 Å². The Morgan fingerprint density at radius 2 is 2.06 bits per heavy atom. The molecular formula is C14H20N4. The molecule has 1 N–H and O–H groups in total. The molecule has 18 heavy (non-hydrogen) atoms. The van der Waals surface area contributed by atoms with Gasteiger partial charge in [0.15, 0.2) is 0 Å². The zero-order valence-corrected chi connectivity index (χ0v) is 11.0. The number of benzene rings is 1. The van der Waals surface area contributed by atoms with Crippen molar-refractivity contribution in [1.82, 2.24) is 20.1 Å². The van der Waals surface area contributed by atoms with Gasteiger partial charge in [0.1, 0.15) is 12.2 Å². The van der Waals surface area contributed by atoms with Gasteiger partial charge in [0.05, 0.1) is 6.54 Å². The summed E-state index contributed by atoms with van der Waals surface area (Å²) in [5, 5.41) is 7.70. The van der Waals surface area contributed by atoms with E-state index in [1.165, 1.54) is 5.56 Å². The average Bonchev–Trinajstić information content (AvgIpc) is 2.85. The van der Waals surface area contributed by atoms with Gasteiger partial charge in [-0.25, -0.2) is 9.67 Å². The van der Waals surface area contributed by atoms with Crippen LogP contribution in [0.4, 0.5) is 0 Å². The largest absolute Gasteiger partial charge is 0.303 e. The second kappa shape index (κ2) is 6.31. The van der Waals surface area contributed by atoms with E-state index in [2.05, 4.69) is 53.5 Å². The monoisotopic (exact) mass is 244 g/mol. The molecular weight excluding hydrogens is 224 g/mol. The van der Waals surface area contributed by atoms with Gasteiger partial charge in [-0.15, -0.1) is 0 Å². The minimum Gasteiger partial charge on any atom is -0.303 e. The Kier molecular flexibility index (Phi) is 4.47. The highest BCUT2D eigenvalue weighted by Crippen LogP contribution is 2.11. The van der Waals surface area contributed by atoms with Gasteiger partial charge in [0.2, 0.25) is 0 Å². The highest BCUT2D eigenvalue weighted by Gasteiger charge is 2.07. The van der Waals surface area contributed by atoms with Crippen LogP contribution in [-0.4, -0.2) is 14.8 Å². The number of nitrogens with one attached hydrogen (secondary N) is 1. The number of aromatic nitrogens is 3. The molecule has 0 bridgehead atoms. The fourth-order valence-corrected chi connectivity index (χ4v) is 1.93. The Balaban J connectivity index is 1.93. The van der Waals surface area contributed by atoms with E-state index in [4.69, 9.17) is 0 Å². The molecule has 0 aliphatic heterocycles. The molecule has 2 aromatic rings. The molecule has 1 aromatic carbocycles. The summed E-state index contributed by atoms with van der Waals surface area (Å²) in [5.74, 6) is 1.000. The Morgan fingerprint density at radius 1 is 1.28 bits per heavy atom. The van der Waals surface area contributed by atoms with Gasteiger partial charge in [0.25, 0.3) is 0 Å². The second-order valence-corrected chi connectivity index (χ2v) is 4.41. The lowest BCUT2D eigenvalue weighted by Gasteiger charge is -2.14. The summed E-state index contributed by atoms with van der Waals surface area (Å²) in [6.07, 6.45) is 2.70. The third-order valence-electron chi connectivity index (χ3n) is 3.00. The van der Waals surface area contributed by atoms with Crippen LogP contribution in [0.3, 0.4) is 0 Å². The molecule has 1 aromatic heterocycles. The smallest absolute Gasteiger partial charge is 0.140 e. The molecule has 0 aliphatic carbocycles. The van der Waals surface area contributed by atoms with Crippen molar-refractivity contribution in [3.8, 4) is 0 Å². The van der Waals surface area contributed by atoms with Crippen molar-refractivity contribution in [2.45, 2.75) is 39.4 Å². The van der Waals surface area contributed by atoms with Crippen LogP contribution < -0.4 is 5.32 Å². The minimum absolute atomic E-state index is 0.318. The summed E-state index contributed by atoms with van der Waals surface area (Å²) in [6.45, 7) is 5.98. The molecule has 0 amide bonds. The third kappa shape index (κ3) is 3.17. The lowest BCUT2D eigenvalue weighted by molar-refractivity contribution is 0.509. The first-order valence-electron chi connectivity index (χ1n) is 6.46. The Morgan fingerprint density at radius 3 is 2.78 bits per heavy atom. The summed E-state index contributed by atoms with van der Waals surface area (Å²) < 4.78 is 1.96. The number of aryl methyl sites for hydroxylation is 1. The van der Waals surface area contributed by atoms with E-state index in [1.54, 1.807) is 6.33 Å². The van der Waals surface area contributed by atoms with E-state index in [9.17, 15) is 0 Å². The fourth-order valence-electron chi connectivity index (χ4n) is 1.93. The highest BCUT2D eigenvalue weighted by atomic mass is 15.3. The average molecular weight is 244 g/mol. The molecule has 0 fully saturated rings. The Bertz CT molecular complexity index is 464. The van der Waals surface area contributed by atoms with Crippen LogP contribution in [0.5, 0.6) is 0 Å². The first kappa shape index (κ1) is 12.8. The fraction of sp³-hybridized carbons (Fsp3) is 0.429. The second-order valence-electron chi connectivity index (χ2n) is 4.41. The van der Waals surface area contributed by atoms with Crippen LogP contribution in [0.15, 0.2) is 36.7 Å². The van der Waals surface area contributed by atoms with E-state index in [0.29, 0.717) is 6.04 Å². The van der Waals surface area contributed by atoms with E-state index >= 15 is 0 Å². The predicted molar refractivity (Wildman–Crippen MR) is 72.0 cm³/mol. The van der Waals surface area contributed by atoms with Gasteiger partial charge >= 0.3 is 0 Å². The number of hydrogen-bond acceptors (Lipinski definition) is 3. The topological polar surface area (TPSA) is 42.7 Å². The van der Waals surface area contributed by atoms with Gasteiger partial charge in [0, 0.05) is 12.6 Å². The number of rotatable bonds is 6. The zero-order valence-electron chi connectivity index (χ0n) is 11.0. The van der Waals surface area contributed by atoms with E-state index in [0.717, 1.165) is 25.3 Å². The van der Waals surface area contributed by atoms with Crippen molar-refractivity contribution in [1.29, 1.82) is 0 Å².